The lowest BCUT2D eigenvalue weighted by atomic mass is 10.1. The van der Waals surface area contributed by atoms with Crippen LogP contribution in [0.1, 0.15) is 21.1 Å². The van der Waals surface area contributed by atoms with E-state index in [1.807, 2.05) is 24.3 Å². The molecule has 26 heavy (non-hydrogen) atoms. The summed E-state index contributed by atoms with van der Waals surface area (Å²) in [5.41, 5.74) is 6.90. The summed E-state index contributed by atoms with van der Waals surface area (Å²) >= 11 is 1.39. The molecule has 0 atom stereocenters. The van der Waals surface area contributed by atoms with E-state index in [4.69, 9.17) is 10.5 Å². The summed E-state index contributed by atoms with van der Waals surface area (Å²) < 4.78 is 5.19. The average Bonchev–Trinajstić information content (AvgIpc) is 3.17. The van der Waals surface area contributed by atoms with Gasteiger partial charge in [-0.05, 0) is 17.7 Å². The summed E-state index contributed by atoms with van der Waals surface area (Å²) in [7, 11) is 1.61. The maximum Gasteiger partial charge on any atom is 0.273 e. The molecule has 1 aromatic carbocycles. The molecule has 1 aliphatic heterocycles. The molecule has 2 amide bonds. The highest BCUT2D eigenvalue weighted by atomic mass is 32.1. The number of nitrogens with two attached hydrogens (primary N) is 1. The van der Waals surface area contributed by atoms with Gasteiger partial charge in [-0.3, -0.25) is 9.59 Å². The van der Waals surface area contributed by atoms with Gasteiger partial charge in [0.25, 0.3) is 5.91 Å². The van der Waals surface area contributed by atoms with Crippen molar-refractivity contribution < 1.29 is 14.3 Å². The standard InChI is InChI=1S/C18H22N4O3S/c1-25-14-4-2-3-13(9-14)10-17(23)21-5-7-22(8-6-21)18(24)15-12-26-16(11-19)20-15/h2-4,9,12H,5-8,10-11,19H2,1H3. The molecule has 0 saturated carbocycles. The molecular formula is C18H22N4O3S. The van der Waals surface area contributed by atoms with Crippen LogP contribution in [0.4, 0.5) is 0 Å². The number of thiazole rings is 1. The maximum atomic E-state index is 12.5. The van der Waals surface area contributed by atoms with E-state index < -0.39 is 0 Å². The van der Waals surface area contributed by atoms with Crippen molar-refractivity contribution in [2.75, 3.05) is 33.3 Å². The molecular weight excluding hydrogens is 352 g/mol. The zero-order valence-electron chi connectivity index (χ0n) is 14.7. The fourth-order valence-corrected chi connectivity index (χ4v) is 3.54. The number of carbonyl (C=O) groups excluding carboxylic acids is 2. The summed E-state index contributed by atoms with van der Waals surface area (Å²) in [6.45, 7) is 2.42. The van der Waals surface area contributed by atoms with Gasteiger partial charge in [0.15, 0.2) is 0 Å². The van der Waals surface area contributed by atoms with Gasteiger partial charge in [-0.1, -0.05) is 12.1 Å². The van der Waals surface area contributed by atoms with Crippen LogP contribution in [0.3, 0.4) is 0 Å². The summed E-state index contributed by atoms with van der Waals surface area (Å²) in [4.78, 5) is 32.8. The Kier molecular flexibility index (Phi) is 5.85. The Morgan fingerprint density at radius 1 is 1.23 bits per heavy atom. The molecule has 2 N–H and O–H groups in total. The Morgan fingerprint density at radius 3 is 2.62 bits per heavy atom. The first-order valence-corrected chi connectivity index (χ1v) is 9.33. The largest absolute Gasteiger partial charge is 0.497 e. The number of amides is 2. The van der Waals surface area contributed by atoms with Crippen molar-refractivity contribution in [1.29, 1.82) is 0 Å². The average molecular weight is 374 g/mol. The SMILES string of the molecule is COc1cccc(CC(=O)N2CCN(C(=O)c3csc(CN)n3)CC2)c1. The fourth-order valence-electron chi connectivity index (χ4n) is 2.89. The maximum absolute atomic E-state index is 12.5. The monoisotopic (exact) mass is 374 g/mol. The first kappa shape index (κ1) is 18.3. The van der Waals surface area contributed by atoms with Crippen molar-refractivity contribution >= 4 is 23.2 Å². The van der Waals surface area contributed by atoms with Gasteiger partial charge < -0.3 is 20.3 Å². The molecule has 7 nitrogen and oxygen atoms in total. The number of carbonyl (C=O) groups is 2. The van der Waals surface area contributed by atoms with Crippen molar-refractivity contribution in [2.45, 2.75) is 13.0 Å². The van der Waals surface area contributed by atoms with Gasteiger partial charge >= 0.3 is 0 Å². The number of hydrogen-bond donors (Lipinski definition) is 1. The lowest BCUT2D eigenvalue weighted by molar-refractivity contribution is -0.131. The summed E-state index contributed by atoms with van der Waals surface area (Å²) in [6.07, 6.45) is 0.330. The van der Waals surface area contributed by atoms with Crippen LogP contribution in [-0.4, -0.2) is 59.9 Å². The topological polar surface area (TPSA) is 88.8 Å². The Bertz CT molecular complexity index is 784. The molecule has 3 rings (SSSR count). The fraction of sp³-hybridized carbons (Fsp3) is 0.389. The molecule has 0 bridgehead atoms. The quantitative estimate of drug-likeness (QED) is 0.848. The van der Waals surface area contributed by atoms with Gasteiger partial charge in [0.2, 0.25) is 5.91 Å². The minimum Gasteiger partial charge on any atom is -0.497 e. The molecule has 1 fully saturated rings. The number of aromatic nitrogens is 1. The predicted octanol–water partition coefficient (Wildman–Crippen LogP) is 1.14. The number of nitrogens with zero attached hydrogens (tertiary/aromatic N) is 3. The number of piperazine rings is 1. The van der Waals surface area contributed by atoms with Gasteiger partial charge in [0.05, 0.1) is 13.5 Å². The van der Waals surface area contributed by atoms with E-state index in [9.17, 15) is 9.59 Å². The number of benzene rings is 1. The number of ether oxygens (including phenoxy) is 1. The lowest BCUT2D eigenvalue weighted by Gasteiger charge is -2.34. The first-order valence-electron chi connectivity index (χ1n) is 8.45. The van der Waals surface area contributed by atoms with Crippen LogP contribution >= 0.6 is 11.3 Å². The third-order valence-corrected chi connectivity index (χ3v) is 5.23. The Morgan fingerprint density at radius 2 is 1.96 bits per heavy atom. The predicted molar refractivity (Wildman–Crippen MR) is 99.2 cm³/mol. The molecule has 0 radical (unpaired) electrons. The van der Waals surface area contributed by atoms with Crippen LogP contribution in [0.2, 0.25) is 0 Å². The second-order valence-corrected chi connectivity index (χ2v) is 6.97. The van der Waals surface area contributed by atoms with Crippen LogP contribution in [0.15, 0.2) is 29.6 Å². The van der Waals surface area contributed by atoms with E-state index in [0.29, 0.717) is 44.8 Å². The smallest absolute Gasteiger partial charge is 0.273 e. The zero-order chi connectivity index (χ0) is 18.5. The van der Waals surface area contributed by atoms with Crippen LogP contribution in [0.25, 0.3) is 0 Å². The van der Waals surface area contributed by atoms with E-state index in [1.165, 1.54) is 11.3 Å². The molecule has 1 aliphatic rings. The Hall–Kier alpha value is -2.45. The normalized spacial score (nSPS) is 14.4. The number of methoxy groups -OCH3 is 1. The van der Waals surface area contributed by atoms with Crippen molar-refractivity contribution in [3.63, 3.8) is 0 Å². The highest BCUT2D eigenvalue weighted by molar-refractivity contribution is 7.09. The highest BCUT2D eigenvalue weighted by Gasteiger charge is 2.26. The van der Waals surface area contributed by atoms with Gasteiger partial charge in [-0.25, -0.2) is 4.98 Å². The summed E-state index contributed by atoms with van der Waals surface area (Å²) in [5, 5.41) is 2.49. The summed E-state index contributed by atoms with van der Waals surface area (Å²) in [6, 6.07) is 7.51. The summed E-state index contributed by atoms with van der Waals surface area (Å²) in [5.74, 6) is 0.705. The van der Waals surface area contributed by atoms with Crippen LogP contribution in [0.5, 0.6) is 5.75 Å². The molecule has 138 valence electrons. The molecule has 0 aliphatic carbocycles. The zero-order valence-corrected chi connectivity index (χ0v) is 15.5. The first-order chi connectivity index (χ1) is 12.6. The molecule has 8 heteroatoms. The van der Waals surface area contributed by atoms with E-state index >= 15 is 0 Å². The van der Waals surface area contributed by atoms with Crippen LogP contribution < -0.4 is 10.5 Å². The van der Waals surface area contributed by atoms with Gasteiger partial charge in [0.1, 0.15) is 16.5 Å². The van der Waals surface area contributed by atoms with Crippen molar-refractivity contribution in [3.05, 3.63) is 45.9 Å². The highest BCUT2D eigenvalue weighted by Crippen LogP contribution is 2.16. The van der Waals surface area contributed by atoms with E-state index in [0.717, 1.165) is 16.3 Å². The second-order valence-electron chi connectivity index (χ2n) is 6.03. The third-order valence-electron chi connectivity index (χ3n) is 4.35. The van der Waals surface area contributed by atoms with E-state index in [1.54, 1.807) is 22.3 Å². The molecule has 0 unspecified atom stereocenters. The van der Waals surface area contributed by atoms with E-state index in [-0.39, 0.29) is 11.8 Å². The third kappa shape index (κ3) is 4.20. The van der Waals surface area contributed by atoms with Crippen LogP contribution in [-0.2, 0) is 17.8 Å². The molecule has 2 heterocycles. The van der Waals surface area contributed by atoms with Gasteiger partial charge in [-0.2, -0.15) is 0 Å². The molecule has 1 saturated heterocycles. The molecule has 1 aromatic heterocycles. The lowest BCUT2D eigenvalue weighted by Crippen LogP contribution is -2.51. The molecule has 0 spiro atoms. The minimum atomic E-state index is -0.0964. The number of hydrogen-bond acceptors (Lipinski definition) is 6. The Balaban J connectivity index is 1.54. The van der Waals surface area contributed by atoms with Crippen molar-refractivity contribution in [1.82, 2.24) is 14.8 Å². The van der Waals surface area contributed by atoms with Crippen molar-refractivity contribution in [2.24, 2.45) is 5.73 Å². The number of rotatable bonds is 5. The van der Waals surface area contributed by atoms with Crippen molar-refractivity contribution in [3.8, 4) is 5.75 Å². The van der Waals surface area contributed by atoms with Crippen LogP contribution in [0, 0.1) is 0 Å². The molecule has 2 aromatic rings. The minimum absolute atomic E-state index is 0.0597. The van der Waals surface area contributed by atoms with E-state index in [2.05, 4.69) is 4.98 Å². The second kappa shape index (κ2) is 8.29. The Labute approximate surface area is 156 Å². The van der Waals surface area contributed by atoms with Gasteiger partial charge in [-0.15, -0.1) is 11.3 Å². The van der Waals surface area contributed by atoms with Gasteiger partial charge in [0, 0.05) is 38.1 Å².